The van der Waals surface area contributed by atoms with E-state index in [9.17, 15) is 5.11 Å². The number of nitriles is 1. The van der Waals surface area contributed by atoms with Crippen molar-refractivity contribution < 1.29 is 5.11 Å². The fourth-order valence-corrected chi connectivity index (χ4v) is 2.68. The van der Waals surface area contributed by atoms with Crippen molar-refractivity contribution in [1.82, 2.24) is 15.0 Å². The maximum absolute atomic E-state index is 9.37. The Kier molecular flexibility index (Phi) is 4.32. The van der Waals surface area contributed by atoms with E-state index in [1.54, 1.807) is 6.92 Å². The fourth-order valence-electron chi connectivity index (χ4n) is 2.68. The van der Waals surface area contributed by atoms with Crippen LogP contribution in [-0.2, 0) is 13.0 Å². The predicted molar refractivity (Wildman–Crippen MR) is 66.8 cm³/mol. The highest BCUT2D eigenvalue weighted by Gasteiger charge is 2.25. The van der Waals surface area contributed by atoms with E-state index in [1.807, 2.05) is 4.68 Å². The molecule has 1 aromatic rings. The molecule has 1 aromatic heterocycles. The van der Waals surface area contributed by atoms with Crippen LogP contribution in [0.2, 0.25) is 0 Å². The number of hydrogen-bond acceptors (Lipinski definition) is 4. The predicted octanol–water partition coefficient (Wildman–Crippen LogP) is 1.77. The van der Waals surface area contributed by atoms with Gasteiger partial charge < -0.3 is 5.11 Å². The average Bonchev–Trinajstić information content (AvgIpc) is 2.95. The maximum Gasteiger partial charge on any atom is 0.100 e. The zero-order valence-electron chi connectivity index (χ0n) is 10.8. The quantitative estimate of drug-likeness (QED) is 0.861. The summed E-state index contributed by atoms with van der Waals surface area (Å²) in [5.74, 6) is 0.498. The van der Waals surface area contributed by atoms with Gasteiger partial charge >= 0.3 is 0 Å². The molecule has 18 heavy (non-hydrogen) atoms. The van der Waals surface area contributed by atoms with Crippen LogP contribution in [0.4, 0.5) is 0 Å². The standard InChI is InChI=1S/C13H20N4O/c1-10(18)7-9-17-13(11-4-2-3-5-11)12(6-8-14)15-16-17/h10-11,18H,2-7,9H2,1H3. The molecule has 5 heteroatoms. The largest absolute Gasteiger partial charge is 0.393 e. The molecule has 1 saturated carbocycles. The first-order chi connectivity index (χ1) is 8.72. The van der Waals surface area contributed by atoms with Crippen molar-refractivity contribution in [3.63, 3.8) is 0 Å². The van der Waals surface area contributed by atoms with Crippen molar-refractivity contribution in [3.8, 4) is 6.07 Å². The van der Waals surface area contributed by atoms with Crippen molar-refractivity contribution >= 4 is 0 Å². The highest BCUT2D eigenvalue weighted by atomic mass is 16.3. The van der Waals surface area contributed by atoms with Gasteiger partial charge in [-0.15, -0.1) is 5.10 Å². The monoisotopic (exact) mass is 248 g/mol. The van der Waals surface area contributed by atoms with Gasteiger partial charge in [0.2, 0.25) is 0 Å². The van der Waals surface area contributed by atoms with E-state index in [1.165, 1.54) is 25.7 Å². The van der Waals surface area contributed by atoms with Gasteiger partial charge in [0.05, 0.1) is 24.3 Å². The first-order valence-corrected chi connectivity index (χ1v) is 6.69. The highest BCUT2D eigenvalue weighted by molar-refractivity contribution is 5.19. The zero-order chi connectivity index (χ0) is 13.0. The van der Waals surface area contributed by atoms with Crippen LogP contribution in [0.3, 0.4) is 0 Å². The lowest BCUT2D eigenvalue weighted by molar-refractivity contribution is 0.175. The molecule has 0 aliphatic heterocycles. The molecule has 1 atom stereocenters. The van der Waals surface area contributed by atoms with Crippen LogP contribution in [0.5, 0.6) is 0 Å². The minimum absolute atomic E-state index is 0.329. The summed E-state index contributed by atoms with van der Waals surface area (Å²) in [5, 5.41) is 26.5. The lowest BCUT2D eigenvalue weighted by Gasteiger charge is -2.13. The Balaban J connectivity index is 2.20. The molecule has 2 rings (SSSR count). The molecule has 1 N–H and O–H groups in total. The van der Waals surface area contributed by atoms with E-state index >= 15 is 0 Å². The van der Waals surface area contributed by atoms with Crippen LogP contribution < -0.4 is 0 Å². The first kappa shape index (κ1) is 13.0. The van der Waals surface area contributed by atoms with Gasteiger partial charge in [0.1, 0.15) is 5.69 Å². The number of rotatable bonds is 5. The van der Waals surface area contributed by atoms with Gasteiger partial charge in [-0.05, 0) is 26.2 Å². The molecule has 0 saturated heterocycles. The van der Waals surface area contributed by atoms with Gasteiger partial charge in [0.25, 0.3) is 0 Å². The minimum Gasteiger partial charge on any atom is -0.393 e. The normalized spacial score (nSPS) is 17.8. The van der Waals surface area contributed by atoms with Crippen LogP contribution in [0.25, 0.3) is 0 Å². The topological polar surface area (TPSA) is 74.7 Å². The Morgan fingerprint density at radius 3 is 2.83 bits per heavy atom. The van der Waals surface area contributed by atoms with Crippen LogP contribution in [0.15, 0.2) is 0 Å². The Bertz CT molecular complexity index is 427. The summed E-state index contributed by atoms with van der Waals surface area (Å²) in [6.07, 6.45) is 5.51. The highest BCUT2D eigenvalue weighted by Crippen LogP contribution is 2.35. The maximum atomic E-state index is 9.37. The van der Waals surface area contributed by atoms with Crippen LogP contribution >= 0.6 is 0 Å². The fraction of sp³-hybridized carbons (Fsp3) is 0.769. The Labute approximate surface area is 107 Å². The summed E-state index contributed by atoms with van der Waals surface area (Å²) in [6, 6.07) is 2.16. The number of hydrogen-bond donors (Lipinski definition) is 1. The van der Waals surface area contributed by atoms with E-state index < -0.39 is 0 Å². The molecule has 1 aliphatic carbocycles. The van der Waals surface area contributed by atoms with Crippen LogP contribution in [0.1, 0.15) is 56.3 Å². The molecule has 98 valence electrons. The van der Waals surface area contributed by atoms with Gasteiger partial charge in [0, 0.05) is 12.5 Å². The molecule has 0 aromatic carbocycles. The van der Waals surface area contributed by atoms with Gasteiger partial charge in [-0.2, -0.15) is 5.26 Å². The number of aromatic nitrogens is 3. The third-order valence-electron chi connectivity index (χ3n) is 3.59. The van der Waals surface area contributed by atoms with E-state index in [0.29, 0.717) is 25.3 Å². The molecule has 1 fully saturated rings. The smallest absolute Gasteiger partial charge is 0.100 e. The van der Waals surface area contributed by atoms with Crippen molar-refractivity contribution in [1.29, 1.82) is 5.26 Å². The average molecular weight is 248 g/mol. The van der Waals surface area contributed by atoms with Gasteiger partial charge in [0.15, 0.2) is 0 Å². The second-order valence-electron chi connectivity index (χ2n) is 5.10. The van der Waals surface area contributed by atoms with Crippen molar-refractivity contribution in [2.24, 2.45) is 0 Å². The summed E-state index contributed by atoms with van der Waals surface area (Å²) in [7, 11) is 0. The summed E-state index contributed by atoms with van der Waals surface area (Å²) in [6.45, 7) is 2.46. The van der Waals surface area contributed by atoms with Crippen molar-refractivity contribution in [2.75, 3.05) is 0 Å². The number of aliphatic hydroxyl groups is 1. The molecule has 1 heterocycles. The molecule has 0 bridgehead atoms. The first-order valence-electron chi connectivity index (χ1n) is 6.69. The molecular weight excluding hydrogens is 228 g/mol. The molecule has 0 radical (unpaired) electrons. The lowest BCUT2D eigenvalue weighted by atomic mass is 10.0. The summed E-state index contributed by atoms with van der Waals surface area (Å²) >= 11 is 0. The number of aliphatic hydroxyl groups excluding tert-OH is 1. The lowest BCUT2D eigenvalue weighted by Crippen LogP contribution is -2.13. The Hall–Kier alpha value is -1.41. The zero-order valence-corrected chi connectivity index (χ0v) is 10.8. The molecule has 0 spiro atoms. The van der Waals surface area contributed by atoms with E-state index in [2.05, 4.69) is 16.4 Å². The Morgan fingerprint density at radius 2 is 2.22 bits per heavy atom. The van der Waals surface area contributed by atoms with Crippen molar-refractivity contribution in [3.05, 3.63) is 11.4 Å². The second-order valence-corrected chi connectivity index (χ2v) is 5.10. The summed E-state index contributed by atoms with van der Waals surface area (Å²) < 4.78 is 1.90. The minimum atomic E-state index is -0.329. The van der Waals surface area contributed by atoms with E-state index in [-0.39, 0.29) is 6.10 Å². The second kappa shape index (κ2) is 5.96. The molecule has 1 unspecified atom stereocenters. The van der Waals surface area contributed by atoms with Gasteiger partial charge in [-0.25, -0.2) is 4.68 Å². The summed E-state index contributed by atoms with van der Waals surface area (Å²) in [5.41, 5.74) is 1.96. The molecular formula is C13H20N4O. The third-order valence-corrected chi connectivity index (χ3v) is 3.59. The molecule has 1 aliphatic rings. The van der Waals surface area contributed by atoms with E-state index in [4.69, 9.17) is 5.26 Å². The third kappa shape index (κ3) is 2.88. The van der Waals surface area contributed by atoms with Crippen molar-refractivity contribution in [2.45, 2.75) is 64.0 Å². The number of nitrogens with zero attached hydrogens (tertiary/aromatic N) is 4. The van der Waals surface area contributed by atoms with Gasteiger partial charge in [-0.1, -0.05) is 18.1 Å². The van der Waals surface area contributed by atoms with Crippen LogP contribution in [-0.4, -0.2) is 26.2 Å². The molecule has 5 nitrogen and oxygen atoms in total. The number of aryl methyl sites for hydroxylation is 1. The van der Waals surface area contributed by atoms with E-state index in [0.717, 1.165) is 11.4 Å². The van der Waals surface area contributed by atoms with Gasteiger partial charge in [-0.3, -0.25) is 0 Å². The van der Waals surface area contributed by atoms with Crippen LogP contribution in [0, 0.1) is 11.3 Å². The SMILES string of the molecule is CC(O)CCn1nnc(CC#N)c1C1CCCC1. The summed E-state index contributed by atoms with van der Waals surface area (Å²) in [4.78, 5) is 0. The Morgan fingerprint density at radius 1 is 1.50 bits per heavy atom. The molecule has 0 amide bonds.